The summed E-state index contributed by atoms with van der Waals surface area (Å²) in [5.74, 6) is -2.46. The van der Waals surface area contributed by atoms with Gasteiger partial charge in [0, 0.05) is 12.8 Å². The van der Waals surface area contributed by atoms with Gasteiger partial charge in [-0.2, -0.15) is 13.2 Å². The lowest BCUT2D eigenvalue weighted by Gasteiger charge is -2.16. The van der Waals surface area contributed by atoms with E-state index in [2.05, 4.69) is 15.4 Å². The first-order valence-electron chi connectivity index (χ1n) is 7.28. The predicted octanol–water partition coefficient (Wildman–Crippen LogP) is 3.68. The Morgan fingerprint density at radius 2 is 1.77 bits per heavy atom. The van der Waals surface area contributed by atoms with E-state index >= 15 is 0 Å². The second-order valence-electron chi connectivity index (χ2n) is 5.17. The third-order valence-electron chi connectivity index (χ3n) is 3.25. The van der Waals surface area contributed by atoms with E-state index in [0.717, 1.165) is 18.2 Å². The molecule has 26 heavy (non-hydrogen) atoms. The number of nitrogens with one attached hydrogen (secondary N) is 2. The third-order valence-corrected chi connectivity index (χ3v) is 3.25. The monoisotopic (exact) mass is 370 g/mol. The molecule has 0 bridgehead atoms. The fourth-order valence-corrected chi connectivity index (χ4v) is 2.13. The maximum atomic E-state index is 13.6. The smallest absolute Gasteiger partial charge is 0.375 e. The lowest BCUT2D eigenvalue weighted by molar-refractivity contribution is -0.137. The number of alkyl halides is 3. The standard InChI is InChI=1S/C17H14F4N2O3/c1-26-9-15(24)23-14-7-6-10(8-12(14)17(19,20)21)22-16(25)11-4-2-3-5-13(11)18/h2-8H,9H2,1H3,(H,22,25)(H,23,24). The summed E-state index contributed by atoms with van der Waals surface area (Å²) in [6.45, 7) is -0.414. The molecule has 0 fully saturated rings. The summed E-state index contributed by atoms with van der Waals surface area (Å²) in [6.07, 6.45) is -4.78. The van der Waals surface area contributed by atoms with Crippen LogP contribution < -0.4 is 10.6 Å². The van der Waals surface area contributed by atoms with Gasteiger partial charge in [0.2, 0.25) is 5.91 Å². The average molecular weight is 370 g/mol. The Labute approximate surface area is 146 Å². The lowest BCUT2D eigenvalue weighted by atomic mass is 10.1. The molecule has 0 radical (unpaired) electrons. The van der Waals surface area contributed by atoms with Gasteiger partial charge in [-0.05, 0) is 30.3 Å². The molecule has 5 nitrogen and oxygen atoms in total. The minimum absolute atomic E-state index is 0.199. The minimum Gasteiger partial charge on any atom is -0.375 e. The molecule has 0 aliphatic carbocycles. The molecule has 0 atom stereocenters. The summed E-state index contributed by atoms with van der Waals surface area (Å²) < 4.78 is 57.8. The molecule has 9 heteroatoms. The predicted molar refractivity (Wildman–Crippen MR) is 86.3 cm³/mol. The zero-order valence-electron chi connectivity index (χ0n) is 13.5. The molecule has 0 spiro atoms. The second-order valence-corrected chi connectivity index (χ2v) is 5.17. The van der Waals surface area contributed by atoms with E-state index in [-0.39, 0.29) is 11.3 Å². The Balaban J connectivity index is 2.29. The number of benzene rings is 2. The summed E-state index contributed by atoms with van der Waals surface area (Å²) in [5, 5.41) is 4.28. The van der Waals surface area contributed by atoms with Crippen LogP contribution in [0.25, 0.3) is 0 Å². The van der Waals surface area contributed by atoms with Gasteiger partial charge < -0.3 is 15.4 Å². The van der Waals surface area contributed by atoms with Gasteiger partial charge >= 0.3 is 6.18 Å². The van der Waals surface area contributed by atoms with Gasteiger partial charge in [-0.3, -0.25) is 9.59 Å². The number of amides is 2. The van der Waals surface area contributed by atoms with Crippen LogP contribution in [0.5, 0.6) is 0 Å². The molecule has 0 aliphatic heterocycles. The van der Waals surface area contributed by atoms with Crippen molar-refractivity contribution in [3.05, 3.63) is 59.4 Å². The van der Waals surface area contributed by atoms with E-state index in [1.54, 1.807) is 0 Å². The fourth-order valence-electron chi connectivity index (χ4n) is 2.13. The molecule has 2 aromatic rings. The van der Waals surface area contributed by atoms with Crippen molar-refractivity contribution >= 4 is 23.2 Å². The molecule has 0 aliphatic rings. The van der Waals surface area contributed by atoms with Gasteiger partial charge in [-0.25, -0.2) is 4.39 Å². The summed E-state index contributed by atoms with van der Waals surface area (Å²) in [4.78, 5) is 23.5. The van der Waals surface area contributed by atoms with Gasteiger partial charge in [0.15, 0.2) is 0 Å². The van der Waals surface area contributed by atoms with E-state index in [1.807, 2.05) is 0 Å². The molecule has 0 unspecified atom stereocenters. The highest BCUT2D eigenvalue weighted by Gasteiger charge is 2.34. The van der Waals surface area contributed by atoms with Crippen molar-refractivity contribution in [2.45, 2.75) is 6.18 Å². The number of methoxy groups -OCH3 is 1. The Kier molecular flexibility index (Phi) is 5.93. The van der Waals surface area contributed by atoms with Crippen LogP contribution in [0.15, 0.2) is 42.5 Å². The van der Waals surface area contributed by atoms with Crippen molar-refractivity contribution in [3.8, 4) is 0 Å². The number of halogens is 4. The van der Waals surface area contributed by atoms with E-state index in [1.165, 1.54) is 25.3 Å². The van der Waals surface area contributed by atoms with Gasteiger partial charge in [0.25, 0.3) is 5.91 Å². The van der Waals surface area contributed by atoms with E-state index < -0.39 is 41.7 Å². The molecule has 0 aromatic heterocycles. The van der Waals surface area contributed by atoms with Gasteiger partial charge in [0.05, 0.1) is 16.8 Å². The van der Waals surface area contributed by atoms with Crippen molar-refractivity contribution in [2.24, 2.45) is 0 Å². The lowest BCUT2D eigenvalue weighted by Crippen LogP contribution is -2.21. The Bertz CT molecular complexity index is 822. The largest absolute Gasteiger partial charge is 0.418 e. The molecule has 2 amide bonds. The number of anilines is 2. The average Bonchev–Trinajstić information content (AvgIpc) is 2.55. The Hall–Kier alpha value is -2.94. The number of carbonyl (C=O) groups is 2. The van der Waals surface area contributed by atoms with E-state index in [0.29, 0.717) is 6.07 Å². The SMILES string of the molecule is COCC(=O)Nc1ccc(NC(=O)c2ccccc2F)cc1C(F)(F)F. The normalized spacial score (nSPS) is 11.1. The van der Waals surface area contributed by atoms with Gasteiger partial charge in [0.1, 0.15) is 12.4 Å². The molecular weight excluding hydrogens is 356 g/mol. The van der Waals surface area contributed by atoms with Crippen LogP contribution in [0.1, 0.15) is 15.9 Å². The zero-order valence-corrected chi connectivity index (χ0v) is 13.5. The first-order chi connectivity index (χ1) is 12.2. The van der Waals surface area contributed by atoms with Crippen molar-refractivity contribution < 1.29 is 31.9 Å². The van der Waals surface area contributed by atoms with Crippen LogP contribution in [-0.2, 0) is 15.7 Å². The molecule has 2 N–H and O–H groups in total. The van der Waals surface area contributed by atoms with Crippen LogP contribution in [0.4, 0.5) is 28.9 Å². The molecule has 0 saturated carbocycles. The number of ether oxygens (including phenoxy) is 1. The molecule has 0 saturated heterocycles. The number of hydrogen-bond donors (Lipinski definition) is 2. The third kappa shape index (κ3) is 4.79. The maximum Gasteiger partial charge on any atom is 0.418 e. The van der Waals surface area contributed by atoms with Gasteiger partial charge in [-0.1, -0.05) is 12.1 Å². The molecule has 2 rings (SSSR count). The highest BCUT2D eigenvalue weighted by molar-refractivity contribution is 6.04. The fraction of sp³-hybridized carbons (Fsp3) is 0.176. The summed E-state index contributed by atoms with van der Waals surface area (Å²) in [6, 6.07) is 7.88. The van der Waals surface area contributed by atoms with Crippen molar-refractivity contribution in [3.63, 3.8) is 0 Å². The quantitative estimate of drug-likeness (QED) is 0.789. The van der Waals surface area contributed by atoms with Crippen LogP contribution >= 0.6 is 0 Å². The van der Waals surface area contributed by atoms with Crippen LogP contribution in [-0.4, -0.2) is 25.5 Å². The van der Waals surface area contributed by atoms with Crippen molar-refractivity contribution in [2.75, 3.05) is 24.4 Å². The Morgan fingerprint density at radius 3 is 2.38 bits per heavy atom. The molecular formula is C17H14F4N2O3. The van der Waals surface area contributed by atoms with Crippen molar-refractivity contribution in [1.29, 1.82) is 0 Å². The van der Waals surface area contributed by atoms with Crippen LogP contribution in [0, 0.1) is 5.82 Å². The molecule has 138 valence electrons. The number of hydrogen-bond acceptors (Lipinski definition) is 3. The second kappa shape index (κ2) is 7.96. The summed E-state index contributed by atoms with van der Waals surface area (Å²) in [5.41, 5.74) is -2.15. The highest BCUT2D eigenvalue weighted by atomic mass is 19.4. The number of rotatable bonds is 5. The Morgan fingerprint density at radius 1 is 1.08 bits per heavy atom. The van der Waals surface area contributed by atoms with Crippen LogP contribution in [0.3, 0.4) is 0 Å². The highest BCUT2D eigenvalue weighted by Crippen LogP contribution is 2.36. The first-order valence-corrected chi connectivity index (χ1v) is 7.28. The van der Waals surface area contributed by atoms with Crippen molar-refractivity contribution in [1.82, 2.24) is 0 Å². The van der Waals surface area contributed by atoms with E-state index in [4.69, 9.17) is 0 Å². The number of carbonyl (C=O) groups excluding carboxylic acids is 2. The summed E-state index contributed by atoms with van der Waals surface area (Å²) >= 11 is 0. The minimum atomic E-state index is -4.78. The van der Waals surface area contributed by atoms with Gasteiger partial charge in [-0.15, -0.1) is 0 Å². The zero-order chi connectivity index (χ0) is 19.3. The molecule has 0 heterocycles. The first kappa shape index (κ1) is 19.4. The summed E-state index contributed by atoms with van der Waals surface area (Å²) in [7, 11) is 1.23. The maximum absolute atomic E-state index is 13.6. The topological polar surface area (TPSA) is 67.4 Å². The van der Waals surface area contributed by atoms with E-state index in [9.17, 15) is 27.2 Å². The molecule has 2 aromatic carbocycles. The van der Waals surface area contributed by atoms with Crippen LogP contribution in [0.2, 0.25) is 0 Å².